The summed E-state index contributed by atoms with van der Waals surface area (Å²) in [6.07, 6.45) is 3.17. The lowest BCUT2D eigenvalue weighted by molar-refractivity contribution is 0.0794. The maximum absolute atomic E-state index is 5.94. The summed E-state index contributed by atoms with van der Waals surface area (Å²) in [4.78, 5) is 8.55. The summed E-state index contributed by atoms with van der Waals surface area (Å²) >= 11 is 5.94. The van der Waals surface area contributed by atoms with Crippen molar-refractivity contribution in [3.63, 3.8) is 0 Å². The zero-order valence-electron chi connectivity index (χ0n) is 11.1. The molecule has 2 rings (SSSR count). The van der Waals surface area contributed by atoms with Crippen molar-refractivity contribution >= 4 is 11.6 Å². The average molecular weight is 287 g/mol. The van der Waals surface area contributed by atoms with Gasteiger partial charge in [-0.25, -0.2) is 4.98 Å². The van der Waals surface area contributed by atoms with Gasteiger partial charge in [-0.1, -0.05) is 11.6 Å². The number of aromatic nitrogens is 2. The molecule has 6 heteroatoms. The fourth-order valence-electron chi connectivity index (χ4n) is 1.62. The molecule has 0 aromatic carbocycles. The van der Waals surface area contributed by atoms with E-state index < -0.39 is 0 Å². The number of ether oxygens (including phenoxy) is 3. The third-order valence-electron chi connectivity index (χ3n) is 2.75. The summed E-state index contributed by atoms with van der Waals surface area (Å²) < 4.78 is 15.8. The van der Waals surface area contributed by atoms with E-state index in [1.807, 2.05) is 0 Å². The number of methoxy groups -OCH3 is 1. The summed E-state index contributed by atoms with van der Waals surface area (Å²) in [7, 11) is 1.68. The highest BCUT2D eigenvalue weighted by Gasteiger charge is 2.27. The molecule has 0 atom stereocenters. The van der Waals surface area contributed by atoms with E-state index in [0.29, 0.717) is 43.4 Å². The van der Waals surface area contributed by atoms with Gasteiger partial charge >= 0.3 is 0 Å². The second-order valence-corrected chi connectivity index (χ2v) is 4.86. The Kier molecular flexibility index (Phi) is 5.82. The zero-order valence-corrected chi connectivity index (χ0v) is 11.9. The van der Waals surface area contributed by atoms with E-state index >= 15 is 0 Å². The molecule has 0 amide bonds. The van der Waals surface area contributed by atoms with Gasteiger partial charge in [0, 0.05) is 32.3 Å². The molecule has 0 radical (unpaired) electrons. The van der Waals surface area contributed by atoms with Crippen LogP contribution < -0.4 is 4.74 Å². The van der Waals surface area contributed by atoms with Crippen molar-refractivity contribution in [3.05, 3.63) is 17.0 Å². The van der Waals surface area contributed by atoms with E-state index in [2.05, 4.69) is 9.97 Å². The van der Waals surface area contributed by atoms with Crippen LogP contribution in [0.4, 0.5) is 0 Å². The Hall–Kier alpha value is -0.910. The maximum Gasteiger partial charge on any atom is 0.218 e. The average Bonchev–Trinajstić information content (AvgIpc) is 3.21. The fraction of sp³-hybridized carbons (Fsp3) is 0.692. The Balaban J connectivity index is 1.67. The molecular weight excluding hydrogens is 268 g/mol. The van der Waals surface area contributed by atoms with E-state index in [9.17, 15) is 0 Å². The molecule has 1 aliphatic rings. The molecular formula is C13H19ClN2O3. The van der Waals surface area contributed by atoms with Crippen LogP contribution in [0.5, 0.6) is 5.88 Å². The van der Waals surface area contributed by atoms with Gasteiger partial charge in [-0.2, -0.15) is 4.98 Å². The topological polar surface area (TPSA) is 53.5 Å². The summed E-state index contributed by atoms with van der Waals surface area (Å²) in [6, 6.07) is 1.64. The van der Waals surface area contributed by atoms with E-state index in [4.69, 9.17) is 25.8 Å². The van der Waals surface area contributed by atoms with Crippen molar-refractivity contribution in [1.29, 1.82) is 0 Å². The molecule has 0 N–H and O–H groups in total. The number of hydrogen-bond acceptors (Lipinski definition) is 5. The van der Waals surface area contributed by atoms with Crippen LogP contribution in [0.1, 0.15) is 31.0 Å². The predicted molar refractivity (Wildman–Crippen MR) is 71.8 cm³/mol. The molecule has 5 nitrogen and oxygen atoms in total. The van der Waals surface area contributed by atoms with Crippen LogP contribution in [-0.2, 0) is 9.47 Å². The Bertz CT molecular complexity index is 399. The fourth-order valence-corrected chi connectivity index (χ4v) is 1.80. The molecule has 0 unspecified atom stereocenters. The van der Waals surface area contributed by atoms with E-state index in [-0.39, 0.29) is 0 Å². The van der Waals surface area contributed by atoms with Gasteiger partial charge in [0.1, 0.15) is 17.6 Å². The SMILES string of the molecule is COCCCOCCOc1cc(Cl)nc(C2CC2)n1. The van der Waals surface area contributed by atoms with Crippen molar-refractivity contribution in [2.75, 3.05) is 33.5 Å². The van der Waals surface area contributed by atoms with Crippen molar-refractivity contribution in [2.24, 2.45) is 0 Å². The molecule has 1 aliphatic carbocycles. The van der Waals surface area contributed by atoms with Gasteiger partial charge < -0.3 is 14.2 Å². The Morgan fingerprint density at radius 2 is 2.05 bits per heavy atom. The smallest absolute Gasteiger partial charge is 0.218 e. The van der Waals surface area contributed by atoms with Crippen LogP contribution >= 0.6 is 11.6 Å². The highest BCUT2D eigenvalue weighted by molar-refractivity contribution is 6.29. The van der Waals surface area contributed by atoms with E-state index in [0.717, 1.165) is 25.1 Å². The first-order chi connectivity index (χ1) is 9.29. The molecule has 1 saturated carbocycles. The zero-order chi connectivity index (χ0) is 13.5. The van der Waals surface area contributed by atoms with Gasteiger partial charge in [-0.05, 0) is 19.3 Å². The molecule has 1 heterocycles. The maximum atomic E-state index is 5.94. The molecule has 106 valence electrons. The highest BCUT2D eigenvalue weighted by Crippen LogP contribution is 2.38. The number of nitrogens with zero attached hydrogens (tertiary/aromatic N) is 2. The van der Waals surface area contributed by atoms with Crippen LogP contribution in [0.15, 0.2) is 6.07 Å². The minimum absolute atomic E-state index is 0.438. The lowest BCUT2D eigenvalue weighted by atomic mass is 10.4. The lowest BCUT2D eigenvalue weighted by Gasteiger charge is -2.07. The van der Waals surface area contributed by atoms with Gasteiger partial charge in [-0.3, -0.25) is 0 Å². The second-order valence-electron chi connectivity index (χ2n) is 4.47. The standard InChI is InChI=1S/C13H19ClN2O3/c1-17-5-2-6-18-7-8-19-12-9-11(14)15-13(16-12)10-3-4-10/h9-10H,2-8H2,1H3. The normalized spacial score (nSPS) is 14.6. The number of rotatable bonds is 9. The van der Waals surface area contributed by atoms with Gasteiger partial charge in [0.2, 0.25) is 5.88 Å². The van der Waals surface area contributed by atoms with Gasteiger partial charge in [-0.15, -0.1) is 0 Å². The summed E-state index contributed by atoms with van der Waals surface area (Å²) in [6.45, 7) is 2.39. The summed E-state index contributed by atoms with van der Waals surface area (Å²) in [5, 5.41) is 0.438. The third kappa shape index (κ3) is 5.30. The Morgan fingerprint density at radius 3 is 2.79 bits per heavy atom. The Morgan fingerprint density at radius 1 is 1.21 bits per heavy atom. The third-order valence-corrected chi connectivity index (χ3v) is 2.94. The summed E-state index contributed by atoms with van der Waals surface area (Å²) in [5.74, 6) is 1.79. The van der Waals surface area contributed by atoms with Crippen molar-refractivity contribution < 1.29 is 14.2 Å². The molecule has 0 bridgehead atoms. The molecule has 0 spiro atoms. The van der Waals surface area contributed by atoms with Gasteiger partial charge in [0.05, 0.1) is 6.61 Å². The molecule has 0 saturated heterocycles. The second kappa shape index (κ2) is 7.62. The minimum atomic E-state index is 0.438. The number of halogens is 1. The van der Waals surface area contributed by atoms with E-state index in [1.54, 1.807) is 13.2 Å². The highest BCUT2D eigenvalue weighted by atomic mass is 35.5. The minimum Gasteiger partial charge on any atom is -0.475 e. The van der Waals surface area contributed by atoms with E-state index in [1.165, 1.54) is 0 Å². The lowest BCUT2D eigenvalue weighted by Crippen LogP contribution is -2.10. The van der Waals surface area contributed by atoms with Crippen molar-refractivity contribution in [2.45, 2.75) is 25.2 Å². The van der Waals surface area contributed by atoms with Crippen LogP contribution in [-0.4, -0.2) is 43.5 Å². The summed E-state index contributed by atoms with van der Waals surface area (Å²) in [5.41, 5.74) is 0. The van der Waals surface area contributed by atoms with Gasteiger partial charge in [0.15, 0.2) is 0 Å². The monoisotopic (exact) mass is 286 g/mol. The molecule has 0 aliphatic heterocycles. The van der Waals surface area contributed by atoms with Crippen LogP contribution in [0, 0.1) is 0 Å². The number of hydrogen-bond donors (Lipinski definition) is 0. The first-order valence-corrected chi connectivity index (χ1v) is 6.91. The van der Waals surface area contributed by atoms with Crippen LogP contribution in [0.2, 0.25) is 5.15 Å². The first-order valence-electron chi connectivity index (χ1n) is 6.53. The molecule has 1 aromatic heterocycles. The largest absolute Gasteiger partial charge is 0.475 e. The molecule has 1 aromatic rings. The van der Waals surface area contributed by atoms with Gasteiger partial charge in [0.25, 0.3) is 0 Å². The predicted octanol–water partition coefficient (Wildman–Crippen LogP) is 2.44. The Labute approximate surface area is 118 Å². The molecule has 1 fully saturated rings. The van der Waals surface area contributed by atoms with Crippen molar-refractivity contribution in [3.8, 4) is 5.88 Å². The van der Waals surface area contributed by atoms with Crippen molar-refractivity contribution in [1.82, 2.24) is 9.97 Å². The first kappa shape index (κ1) is 14.5. The van der Waals surface area contributed by atoms with Crippen LogP contribution in [0.3, 0.4) is 0 Å². The quantitative estimate of drug-likeness (QED) is 0.515. The molecule has 19 heavy (non-hydrogen) atoms. The van der Waals surface area contributed by atoms with Crippen LogP contribution in [0.25, 0.3) is 0 Å².